The van der Waals surface area contributed by atoms with Gasteiger partial charge >= 0.3 is 0 Å². The average Bonchev–Trinajstić information content (AvgIpc) is 3.18. The van der Waals surface area contributed by atoms with E-state index in [2.05, 4.69) is 15.4 Å². The summed E-state index contributed by atoms with van der Waals surface area (Å²) in [6, 6.07) is 9.12. The number of hydrogen-bond acceptors (Lipinski definition) is 6. The van der Waals surface area contributed by atoms with Gasteiger partial charge in [-0.25, -0.2) is 8.42 Å². The van der Waals surface area contributed by atoms with E-state index in [0.29, 0.717) is 36.7 Å². The minimum atomic E-state index is -3.63. The number of nitrogens with zero attached hydrogens (tertiary/aromatic N) is 3. The number of sulfonamides is 1. The highest BCUT2D eigenvalue weighted by molar-refractivity contribution is 7.89. The molecule has 1 unspecified atom stereocenters. The Hall–Kier alpha value is -2.23. The smallest absolute Gasteiger partial charge is 0.251 e. The standard InChI is InChI=1S/C20H26N4O4S/c1-14-18(15(2)28-22-14)29(26,27)24-12-20(13-24)11-23(3)10-17(20)9-21-19(25)16-7-5-4-6-8-16/h4-8,17H,9-13H2,1-3H3,(H,21,25). The Bertz CT molecular complexity index is 993. The molecular formula is C20H26N4O4S. The van der Waals surface area contributed by atoms with Crippen molar-refractivity contribution in [1.82, 2.24) is 19.7 Å². The lowest BCUT2D eigenvalue weighted by Crippen LogP contribution is -2.63. The molecule has 2 aromatic rings. The average molecular weight is 419 g/mol. The third kappa shape index (κ3) is 3.47. The summed E-state index contributed by atoms with van der Waals surface area (Å²) in [5.74, 6) is 0.407. The summed E-state index contributed by atoms with van der Waals surface area (Å²) in [7, 11) is -1.59. The highest BCUT2D eigenvalue weighted by atomic mass is 32.2. The second-order valence-corrected chi connectivity index (χ2v) is 10.1. The van der Waals surface area contributed by atoms with Crippen LogP contribution in [0.3, 0.4) is 0 Å². The van der Waals surface area contributed by atoms with E-state index >= 15 is 0 Å². The summed E-state index contributed by atoms with van der Waals surface area (Å²) >= 11 is 0. The Morgan fingerprint density at radius 1 is 1.24 bits per heavy atom. The van der Waals surface area contributed by atoms with Gasteiger partial charge in [-0.3, -0.25) is 4.79 Å². The molecule has 1 spiro atoms. The predicted octanol–water partition coefficient (Wildman–Crippen LogP) is 1.27. The molecule has 2 aliphatic rings. The van der Waals surface area contributed by atoms with Crippen LogP contribution in [0.2, 0.25) is 0 Å². The number of nitrogens with one attached hydrogen (secondary N) is 1. The second kappa shape index (κ2) is 7.23. The maximum absolute atomic E-state index is 13.0. The van der Waals surface area contributed by atoms with Crippen molar-refractivity contribution in [1.29, 1.82) is 0 Å². The van der Waals surface area contributed by atoms with E-state index in [1.54, 1.807) is 26.0 Å². The maximum Gasteiger partial charge on any atom is 0.251 e. The summed E-state index contributed by atoms with van der Waals surface area (Å²) in [6.07, 6.45) is 0. The van der Waals surface area contributed by atoms with E-state index in [4.69, 9.17) is 4.52 Å². The first-order chi connectivity index (χ1) is 13.7. The number of benzene rings is 1. The zero-order chi connectivity index (χ0) is 20.8. The molecule has 1 N–H and O–H groups in total. The van der Waals surface area contributed by atoms with Crippen molar-refractivity contribution in [2.24, 2.45) is 11.3 Å². The molecule has 156 valence electrons. The van der Waals surface area contributed by atoms with Crippen LogP contribution in [0.1, 0.15) is 21.8 Å². The fourth-order valence-electron chi connectivity index (χ4n) is 4.65. The SMILES string of the molecule is Cc1noc(C)c1S(=O)(=O)N1CC2(CN(C)CC2CNC(=O)c2ccccc2)C1. The molecule has 0 radical (unpaired) electrons. The van der Waals surface area contributed by atoms with Crippen molar-refractivity contribution in [2.45, 2.75) is 18.7 Å². The highest BCUT2D eigenvalue weighted by Gasteiger charge is 2.56. The largest absolute Gasteiger partial charge is 0.360 e. The van der Waals surface area contributed by atoms with Gasteiger partial charge in [-0.05, 0) is 38.9 Å². The van der Waals surface area contributed by atoms with Gasteiger partial charge in [0.2, 0.25) is 10.0 Å². The summed E-state index contributed by atoms with van der Waals surface area (Å²) < 4.78 is 32.6. The first-order valence-corrected chi connectivity index (χ1v) is 11.1. The third-order valence-electron chi connectivity index (χ3n) is 6.08. The Morgan fingerprint density at radius 2 is 1.93 bits per heavy atom. The lowest BCUT2D eigenvalue weighted by atomic mass is 9.73. The molecule has 2 saturated heterocycles. The highest BCUT2D eigenvalue weighted by Crippen LogP contribution is 2.45. The lowest BCUT2D eigenvalue weighted by Gasteiger charge is -2.50. The number of aryl methyl sites for hydroxylation is 2. The lowest BCUT2D eigenvalue weighted by molar-refractivity contribution is 0.0399. The first-order valence-electron chi connectivity index (χ1n) is 9.68. The molecule has 0 saturated carbocycles. The molecule has 0 aliphatic carbocycles. The van der Waals surface area contributed by atoms with Gasteiger partial charge in [-0.1, -0.05) is 23.4 Å². The molecule has 1 amide bonds. The zero-order valence-electron chi connectivity index (χ0n) is 16.9. The molecule has 29 heavy (non-hydrogen) atoms. The number of hydrogen-bond donors (Lipinski definition) is 1. The van der Waals surface area contributed by atoms with Crippen molar-refractivity contribution < 1.29 is 17.7 Å². The molecular weight excluding hydrogens is 392 g/mol. The monoisotopic (exact) mass is 418 g/mol. The first kappa shape index (κ1) is 20.1. The number of aromatic nitrogens is 1. The Morgan fingerprint density at radius 3 is 2.55 bits per heavy atom. The number of carbonyl (C=O) groups is 1. The third-order valence-corrected chi connectivity index (χ3v) is 8.11. The summed E-state index contributed by atoms with van der Waals surface area (Å²) in [5, 5.41) is 6.81. The van der Waals surface area contributed by atoms with Crippen LogP contribution in [-0.2, 0) is 10.0 Å². The number of carbonyl (C=O) groups excluding carboxylic acids is 1. The minimum Gasteiger partial charge on any atom is -0.360 e. The van der Waals surface area contributed by atoms with E-state index in [1.807, 2.05) is 25.2 Å². The molecule has 1 aromatic heterocycles. The van der Waals surface area contributed by atoms with Gasteiger partial charge in [0, 0.05) is 43.7 Å². The van der Waals surface area contributed by atoms with Crippen molar-refractivity contribution in [3.05, 3.63) is 47.3 Å². The number of amides is 1. The van der Waals surface area contributed by atoms with E-state index in [1.165, 1.54) is 4.31 Å². The second-order valence-electron chi connectivity index (χ2n) is 8.26. The van der Waals surface area contributed by atoms with Crippen LogP contribution in [-0.4, -0.2) is 68.5 Å². The van der Waals surface area contributed by atoms with E-state index < -0.39 is 10.0 Å². The molecule has 3 heterocycles. The quantitative estimate of drug-likeness (QED) is 0.786. The van der Waals surface area contributed by atoms with Crippen LogP contribution in [0.25, 0.3) is 0 Å². The molecule has 1 aromatic carbocycles. The normalized spacial score (nSPS) is 22.0. The van der Waals surface area contributed by atoms with Crippen molar-refractivity contribution in [2.75, 3.05) is 39.8 Å². The summed E-state index contributed by atoms with van der Waals surface area (Å²) in [6.45, 7) is 6.31. The predicted molar refractivity (Wildman–Crippen MR) is 107 cm³/mol. The molecule has 0 bridgehead atoms. The van der Waals surface area contributed by atoms with E-state index in [9.17, 15) is 13.2 Å². The van der Waals surface area contributed by atoms with Crippen LogP contribution in [0, 0.1) is 25.2 Å². The fourth-order valence-corrected chi connectivity index (χ4v) is 6.57. The molecule has 4 rings (SSSR count). The van der Waals surface area contributed by atoms with Gasteiger partial charge in [0.05, 0.1) is 0 Å². The van der Waals surface area contributed by atoms with Crippen LogP contribution in [0.15, 0.2) is 39.8 Å². The van der Waals surface area contributed by atoms with Gasteiger partial charge in [0.1, 0.15) is 10.6 Å². The number of rotatable bonds is 5. The van der Waals surface area contributed by atoms with E-state index in [-0.39, 0.29) is 22.1 Å². The molecule has 2 fully saturated rings. The van der Waals surface area contributed by atoms with Crippen LogP contribution < -0.4 is 5.32 Å². The van der Waals surface area contributed by atoms with Crippen molar-refractivity contribution in [3.8, 4) is 0 Å². The van der Waals surface area contributed by atoms with E-state index in [0.717, 1.165) is 13.1 Å². The molecule has 2 aliphatic heterocycles. The minimum absolute atomic E-state index is 0.102. The molecule has 1 atom stereocenters. The molecule has 8 nitrogen and oxygen atoms in total. The maximum atomic E-state index is 13.0. The van der Waals surface area contributed by atoms with Crippen molar-refractivity contribution in [3.63, 3.8) is 0 Å². The fraction of sp³-hybridized carbons (Fsp3) is 0.500. The van der Waals surface area contributed by atoms with Crippen LogP contribution in [0.5, 0.6) is 0 Å². The topological polar surface area (TPSA) is 95.8 Å². The zero-order valence-corrected chi connectivity index (χ0v) is 17.7. The molecule has 9 heteroatoms. The Kier molecular flexibility index (Phi) is 5.00. The van der Waals surface area contributed by atoms with Gasteiger partial charge in [-0.15, -0.1) is 0 Å². The summed E-state index contributed by atoms with van der Waals surface area (Å²) in [4.78, 5) is 14.8. The van der Waals surface area contributed by atoms with Gasteiger partial charge in [-0.2, -0.15) is 4.31 Å². The van der Waals surface area contributed by atoms with Gasteiger partial charge < -0.3 is 14.7 Å². The van der Waals surface area contributed by atoms with Gasteiger partial charge in [0.25, 0.3) is 5.91 Å². The number of likely N-dealkylation sites (tertiary alicyclic amines) is 1. The van der Waals surface area contributed by atoms with Gasteiger partial charge in [0.15, 0.2) is 5.76 Å². The van der Waals surface area contributed by atoms with Crippen molar-refractivity contribution >= 4 is 15.9 Å². The van der Waals surface area contributed by atoms with Crippen LogP contribution in [0.4, 0.5) is 0 Å². The Balaban J connectivity index is 1.45. The Labute approximate surface area is 170 Å². The van der Waals surface area contributed by atoms with Crippen LogP contribution >= 0.6 is 0 Å². The summed E-state index contributed by atoms with van der Waals surface area (Å²) in [5.41, 5.74) is 0.868.